The summed E-state index contributed by atoms with van der Waals surface area (Å²) in [5.41, 5.74) is 5.51. The lowest BCUT2D eigenvalue weighted by Crippen LogP contribution is -2.29. The molecular formula is C32H36N8O. The van der Waals surface area contributed by atoms with Crippen LogP contribution in [-0.4, -0.2) is 50.7 Å². The minimum Gasteiger partial charge on any atom is -0.324 e. The topological polar surface area (TPSA) is 110 Å². The summed E-state index contributed by atoms with van der Waals surface area (Å²) in [6.45, 7) is 3.88. The first kappa shape index (κ1) is 26.0. The fourth-order valence-corrected chi connectivity index (χ4v) is 6.43. The van der Waals surface area contributed by atoms with Gasteiger partial charge in [-0.25, -0.2) is 15.0 Å². The van der Waals surface area contributed by atoms with Crippen molar-refractivity contribution < 1.29 is 0 Å². The second-order valence-electron chi connectivity index (χ2n) is 11.4. The molecule has 0 bridgehead atoms. The summed E-state index contributed by atoms with van der Waals surface area (Å²) in [5, 5.41) is 11.0. The normalized spacial score (nSPS) is 19.8. The summed E-state index contributed by atoms with van der Waals surface area (Å²) < 4.78 is 1.90. The molecule has 1 atom stereocenters. The Kier molecular flexibility index (Phi) is 7.29. The van der Waals surface area contributed by atoms with Crippen molar-refractivity contribution in [3.8, 4) is 11.1 Å². The van der Waals surface area contributed by atoms with Crippen LogP contribution >= 0.6 is 0 Å². The Balaban J connectivity index is 1.21. The van der Waals surface area contributed by atoms with Crippen LogP contribution in [0.25, 0.3) is 27.7 Å². The van der Waals surface area contributed by atoms with Gasteiger partial charge < -0.3 is 16.0 Å². The number of piperidine rings is 1. The van der Waals surface area contributed by atoms with Crippen molar-refractivity contribution in [1.82, 2.24) is 35.1 Å². The lowest BCUT2D eigenvalue weighted by atomic mass is 9.98. The Hall–Kier alpha value is -3.95. The van der Waals surface area contributed by atoms with Crippen LogP contribution < -0.4 is 21.5 Å². The van der Waals surface area contributed by atoms with Crippen molar-refractivity contribution in [1.29, 1.82) is 0 Å². The molecular weight excluding hydrogens is 512 g/mol. The van der Waals surface area contributed by atoms with Gasteiger partial charge in [0, 0.05) is 60.3 Å². The van der Waals surface area contributed by atoms with Crippen LogP contribution in [0.1, 0.15) is 68.3 Å². The van der Waals surface area contributed by atoms with Gasteiger partial charge in [-0.15, -0.1) is 0 Å². The molecule has 0 radical (unpaired) electrons. The molecule has 41 heavy (non-hydrogen) atoms. The first-order valence-corrected chi connectivity index (χ1v) is 15.0. The minimum atomic E-state index is -0.0377. The summed E-state index contributed by atoms with van der Waals surface area (Å²) in [6.07, 6.45) is 15.1. The van der Waals surface area contributed by atoms with Gasteiger partial charge >= 0.3 is 0 Å². The second kappa shape index (κ2) is 11.5. The van der Waals surface area contributed by atoms with E-state index in [-0.39, 0.29) is 11.6 Å². The molecule has 0 spiro atoms. The standard InChI is InChI=1S/C32H36N8O/c41-31-28(25-19-35-29(36-20-25)23-4-3-13-34-17-23)16-24-18-37-32(39-30(24)40(31)27-5-1-2-6-27)38-26-9-7-21(8-10-26)22-11-14-33-15-12-22/h7-11,16,18-20,23,27,33-34H,1-6,12-15,17H2,(H,37,38,39). The van der Waals surface area contributed by atoms with E-state index in [9.17, 15) is 4.79 Å². The van der Waals surface area contributed by atoms with Crippen LogP contribution in [-0.2, 0) is 0 Å². The lowest BCUT2D eigenvalue weighted by molar-refractivity contribution is 0.446. The van der Waals surface area contributed by atoms with E-state index in [1.54, 1.807) is 12.4 Å². The van der Waals surface area contributed by atoms with E-state index in [1.165, 1.54) is 11.1 Å². The van der Waals surface area contributed by atoms with Gasteiger partial charge in [-0.05, 0) is 74.5 Å². The molecule has 2 fully saturated rings. The Morgan fingerprint density at radius 2 is 1.71 bits per heavy atom. The maximum atomic E-state index is 14.0. The largest absolute Gasteiger partial charge is 0.324 e. The molecule has 1 aromatic carbocycles. The second-order valence-corrected chi connectivity index (χ2v) is 11.4. The molecule has 3 aliphatic rings. The highest BCUT2D eigenvalue weighted by Gasteiger charge is 2.24. The smallest absolute Gasteiger partial charge is 0.260 e. The zero-order valence-corrected chi connectivity index (χ0v) is 23.3. The predicted molar refractivity (Wildman–Crippen MR) is 162 cm³/mol. The number of pyridine rings is 1. The zero-order chi connectivity index (χ0) is 27.6. The number of rotatable bonds is 6. The van der Waals surface area contributed by atoms with Crippen molar-refractivity contribution in [2.45, 2.75) is 56.9 Å². The number of nitrogens with one attached hydrogen (secondary N) is 3. The maximum absolute atomic E-state index is 14.0. The summed E-state index contributed by atoms with van der Waals surface area (Å²) in [5.74, 6) is 1.65. The van der Waals surface area contributed by atoms with Crippen molar-refractivity contribution in [2.24, 2.45) is 0 Å². The van der Waals surface area contributed by atoms with Crippen LogP contribution in [0.3, 0.4) is 0 Å². The van der Waals surface area contributed by atoms with Gasteiger partial charge in [0.05, 0.1) is 5.56 Å². The number of anilines is 2. The van der Waals surface area contributed by atoms with E-state index >= 15 is 0 Å². The SMILES string of the molecule is O=c1c(-c2cnc(C3CCCNC3)nc2)cc2cnc(Nc3ccc(C4=CCNCC4)cc3)nc2n1C1CCCC1. The van der Waals surface area contributed by atoms with E-state index < -0.39 is 0 Å². The molecule has 1 aliphatic carbocycles. The Bertz CT molecular complexity index is 1620. The zero-order valence-electron chi connectivity index (χ0n) is 23.3. The number of fused-ring (bicyclic) bond motifs is 1. The van der Waals surface area contributed by atoms with Gasteiger partial charge in [-0.1, -0.05) is 31.1 Å². The Morgan fingerprint density at radius 3 is 2.44 bits per heavy atom. The van der Waals surface area contributed by atoms with Crippen molar-refractivity contribution in [3.05, 3.63) is 76.7 Å². The van der Waals surface area contributed by atoms with Crippen LogP contribution in [0.15, 0.2) is 59.8 Å². The van der Waals surface area contributed by atoms with Crippen molar-refractivity contribution in [3.63, 3.8) is 0 Å². The highest BCUT2D eigenvalue weighted by atomic mass is 16.1. The molecule has 1 saturated heterocycles. The minimum absolute atomic E-state index is 0.0377. The summed E-state index contributed by atoms with van der Waals surface area (Å²) in [7, 11) is 0. The first-order chi connectivity index (χ1) is 20.2. The average molecular weight is 549 g/mol. The molecule has 9 nitrogen and oxygen atoms in total. The van der Waals surface area contributed by atoms with Gasteiger partial charge in [0.1, 0.15) is 11.5 Å². The van der Waals surface area contributed by atoms with Crippen molar-refractivity contribution in [2.75, 3.05) is 31.5 Å². The monoisotopic (exact) mass is 548 g/mol. The molecule has 7 rings (SSSR count). The van der Waals surface area contributed by atoms with Gasteiger partial charge in [-0.3, -0.25) is 9.36 Å². The fraction of sp³-hybridized carbons (Fsp3) is 0.406. The van der Waals surface area contributed by atoms with Gasteiger partial charge in [0.25, 0.3) is 5.56 Å². The molecule has 9 heteroatoms. The first-order valence-electron chi connectivity index (χ1n) is 15.0. The van der Waals surface area contributed by atoms with E-state index in [4.69, 9.17) is 4.98 Å². The highest BCUT2D eigenvalue weighted by molar-refractivity contribution is 5.82. The molecule has 0 amide bonds. The van der Waals surface area contributed by atoms with Crippen LogP contribution in [0.4, 0.5) is 11.6 Å². The molecule has 1 saturated carbocycles. The van der Waals surface area contributed by atoms with Crippen LogP contribution in [0, 0.1) is 0 Å². The van der Waals surface area contributed by atoms with E-state index in [0.29, 0.717) is 23.1 Å². The van der Waals surface area contributed by atoms with Crippen molar-refractivity contribution >= 4 is 28.2 Å². The third-order valence-corrected chi connectivity index (χ3v) is 8.68. The van der Waals surface area contributed by atoms with Crippen LogP contribution in [0.2, 0.25) is 0 Å². The number of aromatic nitrogens is 5. The molecule has 5 heterocycles. The average Bonchev–Trinajstić information content (AvgIpc) is 3.57. The number of nitrogens with zero attached hydrogens (tertiary/aromatic N) is 5. The van der Waals surface area contributed by atoms with E-state index in [0.717, 1.165) is 93.6 Å². The van der Waals surface area contributed by atoms with Gasteiger partial charge in [-0.2, -0.15) is 4.98 Å². The molecule has 3 aromatic heterocycles. The Morgan fingerprint density at radius 1 is 0.878 bits per heavy atom. The van der Waals surface area contributed by atoms with Crippen LogP contribution in [0.5, 0.6) is 0 Å². The number of benzene rings is 1. The highest BCUT2D eigenvalue weighted by Crippen LogP contribution is 2.32. The summed E-state index contributed by atoms with van der Waals surface area (Å²) in [6, 6.07) is 10.4. The molecule has 4 aromatic rings. The lowest BCUT2D eigenvalue weighted by Gasteiger charge is -2.21. The fourth-order valence-electron chi connectivity index (χ4n) is 6.43. The molecule has 1 unspecified atom stereocenters. The van der Waals surface area contributed by atoms with E-state index in [2.05, 4.69) is 61.2 Å². The summed E-state index contributed by atoms with van der Waals surface area (Å²) >= 11 is 0. The van der Waals surface area contributed by atoms with Gasteiger partial charge in [0.15, 0.2) is 0 Å². The number of hydrogen-bond acceptors (Lipinski definition) is 8. The molecule has 210 valence electrons. The number of hydrogen-bond donors (Lipinski definition) is 3. The predicted octanol–water partition coefficient (Wildman–Crippen LogP) is 4.95. The molecule has 2 aliphatic heterocycles. The quantitative estimate of drug-likeness (QED) is 0.311. The summed E-state index contributed by atoms with van der Waals surface area (Å²) in [4.78, 5) is 32.9. The van der Waals surface area contributed by atoms with E-state index in [1.807, 2.05) is 16.8 Å². The van der Waals surface area contributed by atoms with Gasteiger partial charge in [0.2, 0.25) is 5.95 Å². The third-order valence-electron chi connectivity index (χ3n) is 8.68. The maximum Gasteiger partial charge on any atom is 0.260 e. The molecule has 3 N–H and O–H groups in total. The third kappa shape index (κ3) is 5.39. The Labute approximate surface area is 239 Å².